The molecule has 2 aromatic carbocycles. The van der Waals surface area contributed by atoms with E-state index in [2.05, 4.69) is 9.97 Å². The second kappa shape index (κ2) is 5.30. The first-order valence-electron chi connectivity index (χ1n) is 6.46. The molecule has 106 valence electrons. The summed E-state index contributed by atoms with van der Waals surface area (Å²) in [6.07, 6.45) is 0. The van der Waals surface area contributed by atoms with Crippen LogP contribution in [0.5, 0.6) is 0 Å². The summed E-state index contributed by atoms with van der Waals surface area (Å²) < 4.78 is 13.8. The molecule has 0 amide bonds. The fraction of sp³-hybridized carbons (Fsp3) is 0.125. The lowest BCUT2D eigenvalue weighted by atomic mass is 10.1. The smallest absolute Gasteiger partial charge is 0.164 e. The fourth-order valence-electron chi connectivity index (χ4n) is 2.12. The zero-order chi connectivity index (χ0) is 15.0. The molecule has 3 rings (SSSR count). The molecule has 3 aromatic rings. The van der Waals surface area contributed by atoms with E-state index >= 15 is 0 Å². The number of halogens is 2. The van der Waals surface area contributed by atoms with Gasteiger partial charge in [0.05, 0.1) is 11.1 Å². The Morgan fingerprint density at radius 3 is 2.52 bits per heavy atom. The molecule has 0 atom stereocenters. The van der Waals surface area contributed by atoms with Gasteiger partial charge in [-0.15, -0.1) is 0 Å². The molecular formula is C16H13ClFN3. The number of hydrogen-bond acceptors (Lipinski definition) is 3. The molecule has 0 spiro atoms. The molecule has 0 bridgehead atoms. The van der Waals surface area contributed by atoms with Crippen LogP contribution >= 0.6 is 11.6 Å². The van der Waals surface area contributed by atoms with E-state index in [1.807, 2.05) is 37.2 Å². The third kappa shape index (κ3) is 2.54. The summed E-state index contributed by atoms with van der Waals surface area (Å²) in [6.45, 7) is 0. The van der Waals surface area contributed by atoms with E-state index in [1.165, 1.54) is 6.07 Å². The second-order valence-electron chi connectivity index (χ2n) is 4.91. The van der Waals surface area contributed by atoms with Crippen LogP contribution in [-0.2, 0) is 0 Å². The Morgan fingerprint density at radius 1 is 1.05 bits per heavy atom. The number of benzene rings is 2. The molecule has 0 aliphatic heterocycles. The molecule has 0 saturated carbocycles. The SMILES string of the molecule is CN(C)c1ccc2nc(-c3ccccc3F)nc(Cl)c2c1. The topological polar surface area (TPSA) is 29.0 Å². The Morgan fingerprint density at radius 2 is 1.81 bits per heavy atom. The quantitative estimate of drug-likeness (QED) is 0.666. The highest BCUT2D eigenvalue weighted by atomic mass is 35.5. The summed E-state index contributed by atoms with van der Waals surface area (Å²) in [6, 6.07) is 12.1. The van der Waals surface area contributed by atoms with Crippen molar-refractivity contribution in [2.24, 2.45) is 0 Å². The van der Waals surface area contributed by atoms with Gasteiger partial charge < -0.3 is 4.90 Å². The lowest BCUT2D eigenvalue weighted by molar-refractivity contribution is 0.630. The van der Waals surface area contributed by atoms with Crippen LogP contribution in [0.4, 0.5) is 10.1 Å². The highest BCUT2D eigenvalue weighted by molar-refractivity contribution is 6.34. The van der Waals surface area contributed by atoms with E-state index in [9.17, 15) is 4.39 Å². The van der Waals surface area contributed by atoms with E-state index < -0.39 is 0 Å². The highest BCUT2D eigenvalue weighted by Gasteiger charge is 2.12. The Hall–Kier alpha value is -2.20. The third-order valence-electron chi connectivity index (χ3n) is 3.26. The molecule has 0 aliphatic rings. The van der Waals surface area contributed by atoms with Crippen molar-refractivity contribution in [1.82, 2.24) is 9.97 Å². The lowest BCUT2D eigenvalue weighted by Crippen LogP contribution is -2.08. The number of hydrogen-bond donors (Lipinski definition) is 0. The van der Waals surface area contributed by atoms with Crippen LogP contribution in [0, 0.1) is 5.82 Å². The van der Waals surface area contributed by atoms with Crippen molar-refractivity contribution >= 4 is 28.2 Å². The number of fused-ring (bicyclic) bond motifs is 1. The van der Waals surface area contributed by atoms with Gasteiger partial charge in [-0.25, -0.2) is 14.4 Å². The van der Waals surface area contributed by atoms with Gasteiger partial charge in [-0.2, -0.15) is 0 Å². The maximum atomic E-state index is 13.8. The molecule has 0 aliphatic carbocycles. The monoisotopic (exact) mass is 301 g/mol. The summed E-state index contributed by atoms with van der Waals surface area (Å²) in [5.74, 6) is -0.0685. The Balaban J connectivity index is 2.21. The number of aromatic nitrogens is 2. The van der Waals surface area contributed by atoms with Gasteiger partial charge in [0.2, 0.25) is 0 Å². The van der Waals surface area contributed by atoms with Gasteiger partial charge >= 0.3 is 0 Å². The third-order valence-corrected chi connectivity index (χ3v) is 3.55. The molecule has 3 nitrogen and oxygen atoms in total. The molecule has 1 heterocycles. The largest absolute Gasteiger partial charge is 0.378 e. The van der Waals surface area contributed by atoms with Gasteiger partial charge in [0.25, 0.3) is 0 Å². The number of nitrogens with zero attached hydrogens (tertiary/aromatic N) is 3. The number of anilines is 1. The van der Waals surface area contributed by atoms with Crippen LogP contribution in [0.3, 0.4) is 0 Å². The van der Waals surface area contributed by atoms with Crippen LogP contribution in [0.15, 0.2) is 42.5 Å². The van der Waals surface area contributed by atoms with Crippen molar-refractivity contribution in [3.8, 4) is 11.4 Å². The van der Waals surface area contributed by atoms with E-state index in [0.29, 0.717) is 22.1 Å². The first-order valence-corrected chi connectivity index (χ1v) is 6.83. The normalized spacial score (nSPS) is 10.9. The maximum Gasteiger partial charge on any atom is 0.164 e. The first-order chi connectivity index (χ1) is 10.1. The Labute approximate surface area is 127 Å². The minimum absolute atomic E-state index is 0.295. The molecule has 5 heteroatoms. The highest BCUT2D eigenvalue weighted by Crippen LogP contribution is 2.28. The van der Waals surface area contributed by atoms with E-state index in [-0.39, 0.29) is 5.82 Å². The first kappa shape index (κ1) is 13.8. The van der Waals surface area contributed by atoms with E-state index in [0.717, 1.165) is 11.1 Å². The van der Waals surface area contributed by atoms with Crippen molar-refractivity contribution < 1.29 is 4.39 Å². The second-order valence-corrected chi connectivity index (χ2v) is 5.27. The van der Waals surface area contributed by atoms with Crippen LogP contribution in [0.2, 0.25) is 5.15 Å². The minimum Gasteiger partial charge on any atom is -0.378 e. The van der Waals surface area contributed by atoms with Crippen molar-refractivity contribution in [3.05, 3.63) is 53.4 Å². The summed E-state index contributed by atoms with van der Waals surface area (Å²) in [4.78, 5) is 10.6. The molecule has 0 N–H and O–H groups in total. The van der Waals surface area contributed by atoms with Gasteiger partial charge in [-0.3, -0.25) is 0 Å². The van der Waals surface area contributed by atoms with Gasteiger partial charge in [-0.1, -0.05) is 23.7 Å². The standard InChI is InChI=1S/C16H13ClFN3/c1-21(2)10-7-8-14-12(9-10)15(17)20-16(19-14)11-5-3-4-6-13(11)18/h3-9H,1-2H3. The van der Waals surface area contributed by atoms with Crippen LogP contribution in [0.1, 0.15) is 0 Å². The van der Waals surface area contributed by atoms with Crippen LogP contribution in [-0.4, -0.2) is 24.1 Å². The molecule has 0 radical (unpaired) electrons. The van der Waals surface area contributed by atoms with Gasteiger partial charge in [0.1, 0.15) is 11.0 Å². The zero-order valence-corrected chi connectivity index (χ0v) is 12.4. The van der Waals surface area contributed by atoms with Gasteiger partial charge in [0, 0.05) is 25.2 Å². The summed E-state index contributed by atoms with van der Waals surface area (Å²) >= 11 is 6.25. The van der Waals surface area contributed by atoms with E-state index in [1.54, 1.807) is 18.2 Å². The summed E-state index contributed by atoms with van der Waals surface area (Å²) in [7, 11) is 3.90. The van der Waals surface area contributed by atoms with Crippen molar-refractivity contribution in [2.45, 2.75) is 0 Å². The lowest BCUT2D eigenvalue weighted by Gasteiger charge is -2.13. The molecule has 0 saturated heterocycles. The Kier molecular flexibility index (Phi) is 3.47. The maximum absolute atomic E-state index is 13.8. The minimum atomic E-state index is -0.363. The van der Waals surface area contributed by atoms with E-state index in [4.69, 9.17) is 11.6 Å². The van der Waals surface area contributed by atoms with Gasteiger partial charge in [0.15, 0.2) is 5.82 Å². The average molecular weight is 302 g/mol. The molecule has 0 fully saturated rings. The summed E-state index contributed by atoms with van der Waals surface area (Å²) in [5, 5.41) is 1.07. The van der Waals surface area contributed by atoms with Crippen molar-refractivity contribution in [2.75, 3.05) is 19.0 Å². The van der Waals surface area contributed by atoms with Crippen LogP contribution in [0.25, 0.3) is 22.3 Å². The molecule has 21 heavy (non-hydrogen) atoms. The Bertz CT molecular complexity index is 818. The predicted molar refractivity (Wildman–Crippen MR) is 84.3 cm³/mol. The van der Waals surface area contributed by atoms with Crippen molar-refractivity contribution in [1.29, 1.82) is 0 Å². The van der Waals surface area contributed by atoms with Gasteiger partial charge in [-0.05, 0) is 30.3 Å². The molecular weight excluding hydrogens is 289 g/mol. The molecule has 1 aromatic heterocycles. The average Bonchev–Trinajstić information content (AvgIpc) is 2.47. The zero-order valence-electron chi connectivity index (χ0n) is 11.6. The van der Waals surface area contributed by atoms with Crippen molar-refractivity contribution in [3.63, 3.8) is 0 Å². The molecule has 0 unspecified atom stereocenters. The predicted octanol–water partition coefficient (Wildman–Crippen LogP) is 4.16. The fourth-order valence-corrected chi connectivity index (χ4v) is 2.35. The summed E-state index contributed by atoms with van der Waals surface area (Å²) in [5.41, 5.74) is 2.04. The van der Waals surface area contributed by atoms with Crippen LogP contribution < -0.4 is 4.90 Å². The number of rotatable bonds is 2.